The molecule has 0 fully saturated rings. The molecule has 4 rings (SSSR count). The first-order valence-corrected chi connectivity index (χ1v) is 7.11. The molecule has 108 valence electrons. The first kappa shape index (κ1) is 13.3. The van der Waals surface area contributed by atoms with Crippen LogP contribution in [0.2, 0.25) is 10.2 Å². The van der Waals surface area contributed by atoms with E-state index in [9.17, 15) is 4.79 Å². The molecule has 1 aromatic carbocycles. The zero-order chi connectivity index (χ0) is 15.3. The summed E-state index contributed by atoms with van der Waals surface area (Å²) in [6.45, 7) is 0. The smallest absolute Gasteiger partial charge is 0.354 e. The second-order valence-corrected chi connectivity index (χ2v) is 5.45. The van der Waals surface area contributed by atoms with Crippen molar-refractivity contribution in [3.05, 3.63) is 63.4 Å². The van der Waals surface area contributed by atoms with Crippen LogP contribution in [0.3, 0.4) is 0 Å². The number of benzene rings is 1. The summed E-state index contributed by atoms with van der Waals surface area (Å²) in [4.78, 5) is 20.2. The minimum absolute atomic E-state index is 0.0208. The summed E-state index contributed by atoms with van der Waals surface area (Å²) < 4.78 is 7.14. The van der Waals surface area contributed by atoms with E-state index < -0.39 is 5.69 Å². The molecule has 0 unspecified atom stereocenters. The van der Waals surface area contributed by atoms with Gasteiger partial charge in [0.05, 0.1) is 11.9 Å². The quantitative estimate of drug-likeness (QED) is 0.497. The molecule has 0 atom stereocenters. The molecule has 0 saturated carbocycles. The lowest BCUT2D eigenvalue weighted by molar-refractivity contribution is 0.663. The summed E-state index contributed by atoms with van der Waals surface area (Å²) in [5, 5.41) is 1.24. The molecule has 22 heavy (non-hydrogen) atoms. The Morgan fingerprint density at radius 1 is 1.18 bits per heavy atom. The number of pyridine rings is 1. The van der Waals surface area contributed by atoms with Crippen molar-refractivity contribution in [3.63, 3.8) is 0 Å². The number of nitrogens with zero attached hydrogens (tertiary/aromatic N) is 3. The average molecular weight is 332 g/mol. The minimum atomic E-state index is -0.506. The lowest BCUT2D eigenvalue weighted by Gasteiger charge is -2.06. The third kappa shape index (κ3) is 1.90. The van der Waals surface area contributed by atoms with Gasteiger partial charge in [-0.3, -0.25) is 9.55 Å². The molecule has 3 heterocycles. The van der Waals surface area contributed by atoms with Gasteiger partial charge in [-0.05, 0) is 30.3 Å². The fourth-order valence-corrected chi connectivity index (χ4v) is 2.80. The average Bonchev–Trinajstić information content (AvgIpc) is 2.88. The van der Waals surface area contributed by atoms with Crippen molar-refractivity contribution >= 4 is 45.3 Å². The molecule has 0 aliphatic rings. The van der Waals surface area contributed by atoms with Gasteiger partial charge in [-0.1, -0.05) is 23.2 Å². The Hall–Kier alpha value is -2.37. The Labute approximate surface area is 133 Å². The Morgan fingerprint density at radius 3 is 2.82 bits per heavy atom. The summed E-state index contributed by atoms with van der Waals surface area (Å²) in [6.07, 6.45) is 3.19. The highest BCUT2D eigenvalue weighted by Gasteiger charge is 2.18. The predicted octanol–water partition coefficient (Wildman–Crippen LogP) is 3.83. The summed E-state index contributed by atoms with van der Waals surface area (Å²) in [7, 11) is 0. The van der Waals surface area contributed by atoms with Crippen LogP contribution in [-0.4, -0.2) is 14.5 Å². The summed E-state index contributed by atoms with van der Waals surface area (Å²) in [6, 6.07) is 8.65. The number of halogens is 2. The Kier molecular flexibility index (Phi) is 2.92. The van der Waals surface area contributed by atoms with E-state index in [-0.39, 0.29) is 5.15 Å². The summed E-state index contributed by atoms with van der Waals surface area (Å²) in [5.41, 5.74) is 1.50. The van der Waals surface area contributed by atoms with Crippen molar-refractivity contribution in [2.24, 2.45) is 0 Å². The first-order valence-electron chi connectivity index (χ1n) is 6.36. The second kappa shape index (κ2) is 4.83. The number of rotatable bonds is 1. The number of hydrogen-bond donors (Lipinski definition) is 0. The van der Waals surface area contributed by atoms with Crippen molar-refractivity contribution < 1.29 is 4.42 Å². The van der Waals surface area contributed by atoms with E-state index in [2.05, 4.69) is 9.97 Å². The second-order valence-electron chi connectivity index (χ2n) is 4.65. The van der Waals surface area contributed by atoms with Gasteiger partial charge < -0.3 is 4.42 Å². The van der Waals surface area contributed by atoms with E-state index in [1.165, 1.54) is 4.57 Å². The number of fused-ring (bicyclic) bond motifs is 3. The summed E-state index contributed by atoms with van der Waals surface area (Å²) in [5.74, 6) is 0. The predicted molar refractivity (Wildman–Crippen MR) is 84.9 cm³/mol. The van der Waals surface area contributed by atoms with Crippen LogP contribution in [0.15, 0.2) is 51.9 Å². The normalized spacial score (nSPS) is 11.4. The molecular weight excluding hydrogens is 325 g/mol. The minimum Gasteiger partial charge on any atom is -0.451 e. The molecule has 0 radical (unpaired) electrons. The molecule has 7 heteroatoms. The molecule has 3 aromatic heterocycles. The molecular formula is C15H7Cl2N3O2. The third-order valence-electron chi connectivity index (χ3n) is 3.32. The highest BCUT2D eigenvalue weighted by Crippen LogP contribution is 2.33. The maximum absolute atomic E-state index is 12.3. The van der Waals surface area contributed by atoms with Gasteiger partial charge in [0.15, 0.2) is 10.7 Å². The van der Waals surface area contributed by atoms with Crippen molar-refractivity contribution in [2.45, 2.75) is 0 Å². The third-order valence-corrected chi connectivity index (χ3v) is 3.82. The first-order chi connectivity index (χ1) is 10.6. The maximum Gasteiger partial charge on any atom is 0.354 e. The van der Waals surface area contributed by atoms with Crippen molar-refractivity contribution in [1.82, 2.24) is 14.5 Å². The lowest BCUT2D eigenvalue weighted by atomic mass is 10.2. The van der Waals surface area contributed by atoms with E-state index in [0.29, 0.717) is 32.8 Å². The zero-order valence-corrected chi connectivity index (χ0v) is 12.5. The molecule has 0 aliphatic heterocycles. The van der Waals surface area contributed by atoms with Gasteiger partial charge in [-0.2, -0.15) is 4.98 Å². The van der Waals surface area contributed by atoms with Gasteiger partial charge in [0.1, 0.15) is 11.1 Å². The van der Waals surface area contributed by atoms with Gasteiger partial charge >= 0.3 is 5.69 Å². The van der Waals surface area contributed by atoms with Crippen LogP contribution in [0.5, 0.6) is 0 Å². The van der Waals surface area contributed by atoms with Crippen molar-refractivity contribution in [3.8, 4) is 5.69 Å². The van der Waals surface area contributed by atoms with E-state index in [1.807, 2.05) is 0 Å². The van der Waals surface area contributed by atoms with E-state index in [4.69, 9.17) is 27.6 Å². The van der Waals surface area contributed by atoms with Crippen molar-refractivity contribution in [1.29, 1.82) is 0 Å². The molecule has 0 saturated heterocycles. The molecule has 0 spiro atoms. The van der Waals surface area contributed by atoms with Crippen LogP contribution < -0.4 is 5.69 Å². The number of furan rings is 1. The molecule has 0 N–H and O–H groups in total. The fourth-order valence-electron chi connectivity index (χ4n) is 2.42. The van der Waals surface area contributed by atoms with Gasteiger partial charge in [0.25, 0.3) is 0 Å². The van der Waals surface area contributed by atoms with Gasteiger partial charge in [0, 0.05) is 16.6 Å². The Morgan fingerprint density at radius 2 is 2.05 bits per heavy atom. The SMILES string of the molecule is O=c1nc(Cl)c2oc3ccc(Cl)cc3c2n1-c1cccnc1. The fraction of sp³-hybridized carbons (Fsp3) is 0. The molecule has 0 aliphatic carbocycles. The maximum atomic E-state index is 12.3. The molecule has 5 nitrogen and oxygen atoms in total. The monoisotopic (exact) mass is 331 g/mol. The van der Waals surface area contributed by atoms with Crippen LogP contribution in [0, 0.1) is 0 Å². The van der Waals surface area contributed by atoms with E-state index in [1.54, 1.807) is 42.7 Å². The zero-order valence-electron chi connectivity index (χ0n) is 11.0. The van der Waals surface area contributed by atoms with Crippen molar-refractivity contribution in [2.75, 3.05) is 0 Å². The van der Waals surface area contributed by atoms with Crippen LogP contribution in [0.1, 0.15) is 0 Å². The Bertz CT molecular complexity index is 1070. The van der Waals surface area contributed by atoms with Crippen LogP contribution in [-0.2, 0) is 0 Å². The highest BCUT2D eigenvalue weighted by atomic mass is 35.5. The largest absolute Gasteiger partial charge is 0.451 e. The standard InChI is InChI=1S/C15H7Cl2N3O2/c16-8-3-4-11-10(6-8)12-13(22-11)14(17)19-15(21)20(12)9-2-1-5-18-7-9/h1-7H. The number of hydrogen-bond acceptors (Lipinski definition) is 4. The van der Waals surface area contributed by atoms with E-state index >= 15 is 0 Å². The van der Waals surface area contributed by atoms with Gasteiger partial charge in [-0.15, -0.1) is 0 Å². The summed E-state index contributed by atoms with van der Waals surface area (Å²) >= 11 is 12.1. The molecule has 0 amide bonds. The number of aromatic nitrogens is 3. The lowest BCUT2D eigenvalue weighted by Crippen LogP contribution is -2.21. The van der Waals surface area contributed by atoms with Crippen LogP contribution in [0.25, 0.3) is 27.8 Å². The topological polar surface area (TPSA) is 60.9 Å². The van der Waals surface area contributed by atoms with Gasteiger partial charge in [-0.25, -0.2) is 4.79 Å². The van der Waals surface area contributed by atoms with Gasteiger partial charge in [0.2, 0.25) is 0 Å². The Balaban J connectivity index is 2.27. The van der Waals surface area contributed by atoms with E-state index in [0.717, 1.165) is 0 Å². The molecule has 0 bridgehead atoms. The highest BCUT2D eigenvalue weighted by molar-refractivity contribution is 6.35. The molecule has 4 aromatic rings. The van der Waals surface area contributed by atoms with Crippen LogP contribution >= 0.6 is 23.2 Å². The van der Waals surface area contributed by atoms with Crippen LogP contribution in [0.4, 0.5) is 0 Å².